The van der Waals surface area contributed by atoms with Crippen LogP contribution in [0, 0.1) is 0 Å². The van der Waals surface area contributed by atoms with E-state index >= 15 is 0 Å². The number of hydrogen-bond donors (Lipinski definition) is 1. The molecule has 0 radical (unpaired) electrons. The lowest BCUT2D eigenvalue weighted by Crippen LogP contribution is -2.50. The van der Waals surface area contributed by atoms with E-state index in [9.17, 15) is 4.79 Å². The van der Waals surface area contributed by atoms with Gasteiger partial charge in [-0.05, 0) is 36.8 Å². The molecular weight excluding hydrogens is 450 g/mol. The fourth-order valence-electron chi connectivity index (χ4n) is 3.34. The first kappa shape index (κ1) is 20.1. The normalized spacial score (nSPS) is 17.8. The number of thioether (sulfide) groups is 1. The van der Waals surface area contributed by atoms with E-state index in [-0.39, 0.29) is 5.91 Å². The van der Waals surface area contributed by atoms with Crippen molar-refractivity contribution in [2.24, 2.45) is 10.1 Å². The smallest absolute Gasteiger partial charge is 0.276 e. The van der Waals surface area contributed by atoms with E-state index in [1.807, 2.05) is 36.4 Å². The van der Waals surface area contributed by atoms with E-state index in [2.05, 4.69) is 33.2 Å². The molecule has 2 aliphatic heterocycles. The molecule has 1 atom stereocenters. The zero-order valence-corrected chi connectivity index (χ0v) is 18.5. The van der Waals surface area contributed by atoms with Gasteiger partial charge < -0.3 is 0 Å². The summed E-state index contributed by atoms with van der Waals surface area (Å²) in [6, 6.07) is 11.4. The predicted molar refractivity (Wildman–Crippen MR) is 119 cm³/mol. The molecule has 2 aliphatic rings. The maximum absolute atomic E-state index is 13.1. The number of pyridine rings is 1. The van der Waals surface area contributed by atoms with Crippen LogP contribution in [-0.2, 0) is 4.79 Å². The van der Waals surface area contributed by atoms with E-state index < -0.39 is 6.17 Å². The van der Waals surface area contributed by atoms with Crippen LogP contribution >= 0.6 is 27.7 Å². The van der Waals surface area contributed by atoms with Gasteiger partial charge in [-0.2, -0.15) is 0 Å². The van der Waals surface area contributed by atoms with Crippen molar-refractivity contribution in [3.05, 3.63) is 63.3 Å². The Kier molecular flexibility index (Phi) is 6.30. The molecule has 0 saturated heterocycles. The maximum atomic E-state index is 13.1. The van der Waals surface area contributed by atoms with Crippen LogP contribution in [-0.4, -0.2) is 26.8 Å². The first-order valence-corrected chi connectivity index (χ1v) is 11.6. The van der Waals surface area contributed by atoms with Crippen molar-refractivity contribution in [3.8, 4) is 0 Å². The number of hydrazone groups is 1. The summed E-state index contributed by atoms with van der Waals surface area (Å²) in [4.78, 5) is 22.4. The van der Waals surface area contributed by atoms with Gasteiger partial charge in [0.05, 0.1) is 11.1 Å². The monoisotopic (exact) mass is 471 g/mol. The molecule has 1 aromatic carbocycles. The average molecular weight is 472 g/mol. The van der Waals surface area contributed by atoms with Crippen molar-refractivity contribution >= 4 is 44.5 Å². The number of carbonyl (C=O) groups excluding carboxylic acids is 1. The van der Waals surface area contributed by atoms with Crippen LogP contribution in [0.2, 0.25) is 0 Å². The molecule has 150 valence electrons. The number of amidine groups is 1. The minimum Gasteiger partial charge on any atom is -0.298 e. The molecular formula is C21H22BrN5OS. The van der Waals surface area contributed by atoms with E-state index in [0.29, 0.717) is 10.9 Å². The van der Waals surface area contributed by atoms with E-state index in [1.54, 1.807) is 23.0 Å². The molecule has 0 aliphatic carbocycles. The van der Waals surface area contributed by atoms with Crippen molar-refractivity contribution in [1.29, 1.82) is 0 Å². The first-order valence-electron chi connectivity index (χ1n) is 9.78. The highest BCUT2D eigenvalue weighted by molar-refractivity contribution is 9.10. The molecule has 2 aromatic rings. The molecule has 0 saturated carbocycles. The number of fused-ring (bicyclic) bond motifs is 2. The molecule has 0 spiro atoms. The lowest BCUT2D eigenvalue weighted by atomic mass is 10.1. The summed E-state index contributed by atoms with van der Waals surface area (Å²) in [6.45, 7) is 2.20. The zero-order chi connectivity index (χ0) is 20.2. The summed E-state index contributed by atoms with van der Waals surface area (Å²) in [5.41, 5.74) is 1.26. The van der Waals surface area contributed by atoms with E-state index in [0.717, 1.165) is 32.9 Å². The van der Waals surface area contributed by atoms with Crippen LogP contribution in [0.3, 0.4) is 0 Å². The largest absolute Gasteiger partial charge is 0.298 e. The van der Waals surface area contributed by atoms with Gasteiger partial charge in [-0.3, -0.25) is 20.1 Å². The van der Waals surface area contributed by atoms with Crippen molar-refractivity contribution in [2.75, 3.05) is 5.75 Å². The highest BCUT2D eigenvalue weighted by Gasteiger charge is 2.35. The molecule has 1 aromatic heterocycles. The van der Waals surface area contributed by atoms with Gasteiger partial charge in [0.15, 0.2) is 11.3 Å². The zero-order valence-electron chi connectivity index (χ0n) is 16.1. The summed E-state index contributed by atoms with van der Waals surface area (Å²) >= 11 is 5.08. The predicted octanol–water partition coefficient (Wildman–Crippen LogP) is 3.30. The van der Waals surface area contributed by atoms with Gasteiger partial charge in [0.2, 0.25) is 0 Å². The summed E-state index contributed by atoms with van der Waals surface area (Å²) in [5.74, 6) is 0.766. The van der Waals surface area contributed by atoms with E-state index in [4.69, 9.17) is 10.1 Å². The molecule has 8 heteroatoms. The van der Waals surface area contributed by atoms with Crippen LogP contribution in [0.1, 0.15) is 44.5 Å². The quantitative estimate of drug-likeness (QED) is 0.656. The second-order valence-corrected chi connectivity index (χ2v) is 8.88. The molecule has 0 fully saturated rings. The third-order valence-corrected chi connectivity index (χ3v) is 6.20. The maximum Gasteiger partial charge on any atom is 0.276 e. The number of halogens is 1. The van der Waals surface area contributed by atoms with Crippen molar-refractivity contribution in [2.45, 2.75) is 38.8 Å². The van der Waals surface area contributed by atoms with Crippen LogP contribution in [0.5, 0.6) is 0 Å². The topological polar surface area (TPSA) is 70.0 Å². The first-order chi connectivity index (χ1) is 14.2. The Hall–Kier alpha value is -2.19. The summed E-state index contributed by atoms with van der Waals surface area (Å²) < 4.78 is 0.892. The fourth-order valence-corrected chi connectivity index (χ4v) is 4.55. The lowest BCUT2D eigenvalue weighted by molar-refractivity contribution is -0.116. The van der Waals surface area contributed by atoms with Gasteiger partial charge in [-0.1, -0.05) is 59.9 Å². The summed E-state index contributed by atoms with van der Waals surface area (Å²) in [5, 5.41) is 11.6. The molecule has 0 unspecified atom stereocenters. The van der Waals surface area contributed by atoms with Crippen molar-refractivity contribution < 1.29 is 4.79 Å². The Morgan fingerprint density at radius 2 is 2.10 bits per heavy atom. The summed E-state index contributed by atoms with van der Waals surface area (Å²) in [6.07, 6.45) is 6.00. The van der Waals surface area contributed by atoms with Gasteiger partial charge in [-0.15, -0.1) is 5.10 Å². The van der Waals surface area contributed by atoms with Gasteiger partial charge in [-0.25, -0.2) is 5.01 Å². The van der Waals surface area contributed by atoms with Gasteiger partial charge in [0.1, 0.15) is 5.70 Å². The summed E-state index contributed by atoms with van der Waals surface area (Å²) in [7, 11) is 0. The number of hydrogen-bond acceptors (Lipinski definition) is 6. The van der Waals surface area contributed by atoms with Gasteiger partial charge in [0, 0.05) is 21.6 Å². The van der Waals surface area contributed by atoms with Crippen molar-refractivity contribution in [3.63, 3.8) is 0 Å². The molecule has 6 nitrogen and oxygen atoms in total. The Labute approximate surface area is 182 Å². The number of nitrogens with one attached hydrogen (secondary N) is 1. The van der Waals surface area contributed by atoms with Gasteiger partial charge >= 0.3 is 0 Å². The number of rotatable bonds is 6. The minimum absolute atomic E-state index is 0.161. The Bertz CT molecular complexity index is 1060. The van der Waals surface area contributed by atoms with Crippen LogP contribution < -0.4 is 15.9 Å². The third kappa shape index (κ3) is 4.38. The number of amides is 1. The molecule has 1 amide bonds. The third-order valence-electron chi connectivity index (χ3n) is 4.76. The molecule has 0 bridgehead atoms. The molecule has 4 rings (SSSR count). The average Bonchev–Trinajstić information content (AvgIpc) is 2.73. The minimum atomic E-state index is -0.471. The Balaban J connectivity index is 1.72. The second-order valence-electron chi connectivity index (χ2n) is 6.88. The lowest BCUT2D eigenvalue weighted by Gasteiger charge is -2.33. The van der Waals surface area contributed by atoms with E-state index in [1.165, 1.54) is 19.3 Å². The van der Waals surface area contributed by atoms with Crippen LogP contribution in [0.15, 0.2) is 57.2 Å². The number of nitrogens with zero attached hydrogens (tertiary/aromatic N) is 4. The molecule has 1 N–H and O–H groups in total. The number of carbonyl (C=O) groups is 1. The highest BCUT2D eigenvalue weighted by atomic mass is 79.9. The van der Waals surface area contributed by atoms with Gasteiger partial charge in [0.25, 0.3) is 5.91 Å². The highest BCUT2D eigenvalue weighted by Crippen LogP contribution is 2.29. The van der Waals surface area contributed by atoms with Crippen LogP contribution in [0.25, 0.3) is 5.70 Å². The van der Waals surface area contributed by atoms with Crippen LogP contribution in [0.4, 0.5) is 0 Å². The fraction of sp³-hybridized carbons (Fsp3) is 0.333. The second kappa shape index (κ2) is 9.09. The molecule has 3 heterocycles. The number of unbranched alkanes of at least 4 members (excludes halogenated alkanes) is 3. The Morgan fingerprint density at radius 1 is 1.21 bits per heavy atom. The standard InChI is InChI=1S/C21H22BrN5OS/c1-2-3-4-7-12-29-21-25-20(28)18-15-13-14(22)9-10-16(15)24-19(27(18)26-21)17-8-5-6-11-23-17/h5-6,8-11,13,19H,2-4,7,12H2,1H3,(H,25,26,28)/t19-/m0/s1. The Morgan fingerprint density at radius 3 is 2.90 bits per heavy atom. The van der Waals surface area contributed by atoms with Crippen molar-refractivity contribution in [1.82, 2.24) is 15.3 Å². The molecule has 29 heavy (non-hydrogen) atoms. The number of benzene rings is 1. The SMILES string of the molecule is CCCCCCSC1=NN2C(=c3cc(Br)ccc3=N[C@@H]2c2ccccn2)C(=O)N1. The number of aromatic nitrogens is 1.